The minimum absolute atomic E-state index is 0.176. The Hall–Kier alpha value is -7.24. The molecule has 0 aromatic carbocycles. The first kappa shape index (κ1) is 33.7. The van der Waals surface area contributed by atoms with Gasteiger partial charge >= 0.3 is 0 Å². The Morgan fingerprint density at radius 3 is 1.45 bits per heavy atom. The van der Waals surface area contributed by atoms with Crippen LogP contribution in [0.15, 0.2) is 86.5 Å². The van der Waals surface area contributed by atoms with Gasteiger partial charge in [0.25, 0.3) is 23.6 Å². The van der Waals surface area contributed by atoms with Crippen LogP contribution in [0.3, 0.4) is 0 Å². The van der Waals surface area contributed by atoms with Gasteiger partial charge < -0.3 is 39.5 Å². The van der Waals surface area contributed by atoms with E-state index >= 15 is 0 Å². The number of allylic oxidation sites excluding steroid dienone is 2. The van der Waals surface area contributed by atoms with Gasteiger partial charge in [-0.25, -0.2) is 19.9 Å². The summed E-state index contributed by atoms with van der Waals surface area (Å²) in [4.78, 5) is 67.1. The van der Waals surface area contributed by atoms with E-state index in [-0.39, 0.29) is 30.1 Å². The number of aromatic nitrogens is 10. The number of aryl methyl sites for hydroxylation is 4. The van der Waals surface area contributed by atoms with Gasteiger partial charge in [-0.05, 0) is 24.3 Å². The molecule has 0 aliphatic carbocycles. The molecule has 6 aromatic rings. The lowest BCUT2D eigenvalue weighted by molar-refractivity contribution is 0.0961. The van der Waals surface area contributed by atoms with Crippen LogP contribution in [-0.2, 0) is 28.2 Å². The largest absolute Gasteiger partial charge is 0.352 e. The minimum Gasteiger partial charge on any atom is -0.352 e. The molecule has 0 bridgehead atoms. The summed E-state index contributed by atoms with van der Waals surface area (Å²) in [5.41, 5.74) is 2.49. The van der Waals surface area contributed by atoms with Crippen molar-refractivity contribution in [2.45, 2.75) is 0 Å². The van der Waals surface area contributed by atoms with Gasteiger partial charge in [-0.1, -0.05) is 0 Å². The highest BCUT2D eigenvalue weighted by Crippen LogP contribution is 2.18. The summed E-state index contributed by atoms with van der Waals surface area (Å²) in [6.07, 6.45) is 22.0. The molecule has 0 aliphatic heterocycles. The maximum absolute atomic E-state index is 13.0. The lowest BCUT2D eigenvalue weighted by Gasteiger charge is -2.04. The Labute approximate surface area is 290 Å². The van der Waals surface area contributed by atoms with E-state index in [1.807, 2.05) is 0 Å². The number of hydrogen-bond donors (Lipinski definition) is 4. The predicted octanol–water partition coefficient (Wildman–Crippen LogP) is 2.92. The van der Waals surface area contributed by atoms with Crippen LogP contribution in [-0.4, -0.2) is 77.6 Å². The molecule has 0 unspecified atom stereocenters. The summed E-state index contributed by atoms with van der Waals surface area (Å²) < 4.78 is 9.47. The third-order valence-corrected chi connectivity index (χ3v) is 7.61. The van der Waals surface area contributed by atoms with Crippen molar-refractivity contribution >= 4 is 58.8 Å². The molecule has 0 fully saturated rings. The molecule has 0 spiro atoms. The van der Waals surface area contributed by atoms with E-state index in [4.69, 9.17) is 0 Å². The van der Waals surface area contributed by atoms with Crippen molar-refractivity contribution in [1.82, 2.24) is 47.3 Å². The molecule has 0 atom stereocenters. The van der Waals surface area contributed by atoms with E-state index in [0.29, 0.717) is 34.4 Å². The van der Waals surface area contributed by atoms with Crippen molar-refractivity contribution < 1.29 is 19.2 Å². The molecule has 18 nitrogen and oxygen atoms in total. The van der Waals surface area contributed by atoms with Gasteiger partial charge in [0.1, 0.15) is 24.3 Å². The van der Waals surface area contributed by atoms with Gasteiger partial charge in [0.05, 0.1) is 18.0 Å². The molecule has 18 heteroatoms. The van der Waals surface area contributed by atoms with Gasteiger partial charge in [0, 0.05) is 101 Å². The summed E-state index contributed by atoms with van der Waals surface area (Å²) in [6.45, 7) is 0.203. The van der Waals surface area contributed by atoms with Gasteiger partial charge in [0.2, 0.25) is 11.6 Å². The second-order valence-electron chi connectivity index (χ2n) is 11.4. The zero-order chi connectivity index (χ0) is 36.1. The fourth-order valence-electron chi connectivity index (χ4n) is 5.02. The maximum atomic E-state index is 13.0. The Kier molecular flexibility index (Phi) is 9.56. The molecule has 260 valence electrons. The standard InChI is InChI=1S/C33H34N14O4/c1-42-15-22(13-24(42)5-7-28(48)46-11-9-34-20-46)38-32(50)30-40-26(17-44(30)3)36-19-37-27-18-45(4)31(41-27)33(51)39-23-14-25(43(2)16-23)6-8-29(49)47-12-10-35-21-47/h5-18,20-21,36-37H,19H2,1-4H3,(H,38,50)(H,39,51)/b7-5+,8-6+. The number of carbonyl (C=O) groups is 4. The van der Waals surface area contributed by atoms with Crippen LogP contribution in [0.2, 0.25) is 0 Å². The molecular weight excluding hydrogens is 656 g/mol. The molecule has 0 radical (unpaired) electrons. The molecule has 6 rings (SSSR count). The summed E-state index contributed by atoms with van der Waals surface area (Å²) in [5, 5.41) is 11.9. The second kappa shape index (κ2) is 14.5. The summed E-state index contributed by atoms with van der Waals surface area (Å²) in [7, 11) is 7.02. The van der Waals surface area contributed by atoms with Crippen LogP contribution >= 0.6 is 0 Å². The number of nitrogens with one attached hydrogen (secondary N) is 4. The number of carbonyl (C=O) groups excluding carboxylic acids is 4. The van der Waals surface area contributed by atoms with E-state index in [1.165, 1.54) is 46.3 Å². The molecule has 0 aliphatic rings. The van der Waals surface area contributed by atoms with E-state index in [9.17, 15) is 19.2 Å². The van der Waals surface area contributed by atoms with Crippen LogP contribution in [0.5, 0.6) is 0 Å². The first-order valence-electron chi connectivity index (χ1n) is 15.4. The predicted molar refractivity (Wildman–Crippen MR) is 189 cm³/mol. The van der Waals surface area contributed by atoms with Crippen LogP contribution in [0.4, 0.5) is 23.0 Å². The lowest BCUT2D eigenvalue weighted by Crippen LogP contribution is -2.17. The molecule has 51 heavy (non-hydrogen) atoms. The van der Waals surface area contributed by atoms with Gasteiger partial charge in [-0.3, -0.25) is 28.3 Å². The van der Waals surface area contributed by atoms with Crippen LogP contribution in [0.1, 0.15) is 42.2 Å². The SMILES string of the molecule is Cn1cc(NC(=O)c2nc(NCNc3cn(C)c(C(=O)Nc4cc(/C=C/C(=O)n5ccnc5)n(C)c4)n3)cn2C)cc1/C=C/C(=O)n1ccnc1. The number of hydrogen-bond acceptors (Lipinski definition) is 10. The Morgan fingerprint density at radius 1 is 0.627 bits per heavy atom. The molecule has 6 heterocycles. The first-order chi connectivity index (χ1) is 24.5. The summed E-state index contributed by atoms with van der Waals surface area (Å²) in [6, 6.07) is 3.49. The van der Waals surface area contributed by atoms with Crippen molar-refractivity contribution in [3.8, 4) is 0 Å². The minimum atomic E-state index is -0.418. The third-order valence-electron chi connectivity index (χ3n) is 7.61. The monoisotopic (exact) mass is 690 g/mol. The highest BCUT2D eigenvalue weighted by atomic mass is 16.2. The van der Waals surface area contributed by atoms with Crippen LogP contribution < -0.4 is 21.3 Å². The molecule has 4 N–H and O–H groups in total. The average molecular weight is 691 g/mol. The van der Waals surface area contributed by atoms with Crippen LogP contribution in [0, 0.1) is 0 Å². The topological polar surface area (TPSA) is 198 Å². The number of rotatable bonds is 12. The highest BCUT2D eigenvalue weighted by Gasteiger charge is 2.17. The van der Waals surface area contributed by atoms with E-state index in [0.717, 1.165) is 0 Å². The summed E-state index contributed by atoms with van der Waals surface area (Å²) >= 11 is 0. The van der Waals surface area contributed by atoms with Gasteiger partial charge in [0.15, 0.2) is 0 Å². The zero-order valence-electron chi connectivity index (χ0n) is 28.0. The second-order valence-corrected chi connectivity index (χ2v) is 11.4. The van der Waals surface area contributed by atoms with Gasteiger partial charge in [-0.15, -0.1) is 0 Å². The Balaban J connectivity index is 1.00. The lowest BCUT2D eigenvalue weighted by atomic mass is 10.3. The molecule has 2 amide bonds. The number of amides is 2. The average Bonchev–Trinajstić information content (AvgIpc) is 3.94. The molecule has 0 saturated carbocycles. The zero-order valence-corrected chi connectivity index (χ0v) is 28.0. The smallest absolute Gasteiger partial charge is 0.291 e. The fraction of sp³-hybridized carbons (Fsp3) is 0.152. The van der Waals surface area contributed by atoms with E-state index < -0.39 is 11.8 Å². The molecule has 0 saturated heterocycles. The quantitative estimate of drug-likeness (QED) is 0.109. The number of anilines is 4. The van der Waals surface area contributed by atoms with E-state index in [1.54, 1.807) is 108 Å². The Morgan fingerprint density at radius 2 is 1.06 bits per heavy atom. The highest BCUT2D eigenvalue weighted by molar-refractivity contribution is 6.03. The maximum Gasteiger partial charge on any atom is 0.291 e. The van der Waals surface area contributed by atoms with Crippen molar-refractivity contribution in [3.05, 3.63) is 110 Å². The molecule has 6 aromatic heterocycles. The van der Waals surface area contributed by atoms with Crippen molar-refractivity contribution in [3.63, 3.8) is 0 Å². The van der Waals surface area contributed by atoms with Crippen molar-refractivity contribution in [1.29, 1.82) is 0 Å². The molecular formula is C33H34N14O4. The van der Waals surface area contributed by atoms with Crippen molar-refractivity contribution in [2.24, 2.45) is 28.2 Å². The number of imidazole rings is 4. The Bertz CT molecular complexity index is 2100. The van der Waals surface area contributed by atoms with E-state index in [2.05, 4.69) is 41.2 Å². The normalized spacial score (nSPS) is 11.4. The first-order valence-corrected chi connectivity index (χ1v) is 15.4. The van der Waals surface area contributed by atoms with Crippen molar-refractivity contribution in [2.75, 3.05) is 27.9 Å². The van der Waals surface area contributed by atoms with Crippen LogP contribution in [0.25, 0.3) is 12.2 Å². The third kappa shape index (κ3) is 7.91. The fourth-order valence-corrected chi connectivity index (χ4v) is 5.02. The number of nitrogens with zero attached hydrogens (tertiary/aromatic N) is 10. The summed E-state index contributed by atoms with van der Waals surface area (Å²) in [5.74, 6) is -0.0939. The van der Waals surface area contributed by atoms with Gasteiger partial charge in [-0.2, -0.15) is 0 Å².